The largest absolute Gasteiger partial charge is 0.310 e. The molecule has 0 atom stereocenters. The Labute approximate surface area is 354 Å². The summed E-state index contributed by atoms with van der Waals surface area (Å²) in [5.74, 6) is 0. The van der Waals surface area contributed by atoms with Crippen LogP contribution >= 0.6 is 0 Å². The van der Waals surface area contributed by atoms with Gasteiger partial charge in [-0.3, -0.25) is 0 Å². The van der Waals surface area contributed by atoms with Crippen molar-refractivity contribution in [3.05, 3.63) is 205 Å². The lowest BCUT2D eigenvalue weighted by Gasteiger charge is -2.28. The summed E-state index contributed by atoms with van der Waals surface area (Å²) in [5.41, 5.74) is -10.4. The Bertz CT molecular complexity index is 4480. The maximum absolute atomic E-state index is 10.3. The van der Waals surface area contributed by atoms with Crippen molar-refractivity contribution < 1.29 is 42.5 Å². The van der Waals surface area contributed by atoms with Gasteiger partial charge in [-0.15, -0.1) is 0 Å². The van der Waals surface area contributed by atoms with Crippen LogP contribution in [0.2, 0.25) is 0 Å². The van der Waals surface area contributed by atoms with Crippen LogP contribution in [0.3, 0.4) is 0 Å². The molecule has 0 unspecified atom stereocenters. The second kappa shape index (κ2) is 12.3. The Morgan fingerprint density at radius 3 is 1.74 bits per heavy atom. The minimum atomic E-state index is -1.53. The van der Waals surface area contributed by atoms with Gasteiger partial charge in [0.25, 0.3) is 0 Å². The molecule has 0 aliphatic heterocycles. The fraction of sp³-hybridized carbons (Fsp3) is 0.0588. The van der Waals surface area contributed by atoms with Crippen LogP contribution in [-0.2, 0) is 5.41 Å². The first-order chi connectivity index (χ1) is 39.0. The van der Waals surface area contributed by atoms with Gasteiger partial charge < -0.3 is 9.47 Å². The van der Waals surface area contributed by atoms with E-state index >= 15 is 0 Å². The van der Waals surface area contributed by atoms with Gasteiger partial charge in [0.2, 0.25) is 0 Å². The zero-order valence-electron chi connectivity index (χ0n) is 58.5. The van der Waals surface area contributed by atoms with Gasteiger partial charge in [0.15, 0.2) is 0 Å². The molecule has 8 aromatic carbocycles. The van der Waals surface area contributed by atoms with E-state index < -0.39 is 260 Å². The molecule has 2 heteroatoms. The normalized spacial score (nSPS) is 21.1. The number of aromatic nitrogens is 1. The van der Waals surface area contributed by atoms with E-state index in [9.17, 15) is 16.4 Å². The lowest BCUT2D eigenvalue weighted by molar-refractivity contribution is 0.660. The van der Waals surface area contributed by atoms with Gasteiger partial charge in [-0.2, -0.15) is 0 Å². The van der Waals surface area contributed by atoms with Crippen molar-refractivity contribution in [1.29, 1.82) is 0 Å². The zero-order chi connectivity index (χ0) is 62.5. The molecule has 0 amide bonds. The Morgan fingerprint density at radius 2 is 1.00 bits per heavy atom. The van der Waals surface area contributed by atoms with E-state index in [1.165, 1.54) is 13.8 Å². The molecule has 1 heterocycles. The molecule has 9 aromatic rings. The SMILES string of the molecule is [2H]c1c(N(c2c([2H])c([2H])c(-c3c([2H])c([2H])c([2H])c([2H])c3[2H])c([2H])c2[2H])c2c([2H])c([2H])c3c(c2[2H])c2c([2H])c([2H])c(-c4c([2H])c([2H])c([2H])c([2H])c4[2H])c([2H])c2n3-c2c([2H])c([2H])c([2H])c([2H])c2[2H])cc2c(c1[2H])-c1c([2H])c([2H])c([2H])c([2H])c1C2(C)C. The standard InChI is InChI=1S/C51H38N2/c1-51(2)47-21-13-12-20-43(47)44-30-27-42(34-48(44)51)52(40-25-22-37(23-26-40)35-14-6-3-7-15-35)41-28-31-49-46(33-41)45-29-24-38(36-16-8-4-9-17-36)32-50(45)53(49)39-18-10-5-11-19-39/h3-34H,1-2H3/i3D,4D,5D,6D,7D,8D,9D,10D,11D,12D,13D,14D,15D,16D,17D,18D,19D,20D,21D,22D,23D,24D,25D,26D,27D,28D,29D,30D,31D,32D,33D. The number of hydrogen-bond donors (Lipinski definition) is 0. The number of para-hydroxylation sites is 1. The zero-order valence-corrected chi connectivity index (χ0v) is 27.5. The summed E-state index contributed by atoms with van der Waals surface area (Å²) in [4.78, 5) is 0.602. The molecular weight excluding hydrogens is 641 g/mol. The maximum Gasteiger partial charge on any atom is 0.0652 e. The number of fused-ring (bicyclic) bond motifs is 6. The van der Waals surface area contributed by atoms with Crippen molar-refractivity contribution in [3.63, 3.8) is 0 Å². The molecule has 0 bridgehead atoms. The van der Waals surface area contributed by atoms with Gasteiger partial charge >= 0.3 is 0 Å². The first kappa shape index (κ1) is 12.8. The molecule has 0 fully saturated rings. The van der Waals surface area contributed by atoms with Gasteiger partial charge in [0, 0.05) is 38.9 Å². The van der Waals surface area contributed by atoms with Crippen LogP contribution in [0.4, 0.5) is 17.1 Å². The Morgan fingerprint density at radius 1 is 0.434 bits per heavy atom. The lowest BCUT2D eigenvalue weighted by atomic mass is 9.82. The topological polar surface area (TPSA) is 8.17 Å². The third-order valence-electron chi connectivity index (χ3n) is 8.88. The summed E-state index contributed by atoms with van der Waals surface area (Å²) in [6.07, 6.45) is 0. The molecule has 2 nitrogen and oxygen atoms in total. The van der Waals surface area contributed by atoms with Gasteiger partial charge in [-0.05, 0) is 105 Å². The predicted molar refractivity (Wildman–Crippen MR) is 224 cm³/mol. The predicted octanol–water partition coefficient (Wildman–Crippen LogP) is 13.9. The second-order valence-electron chi connectivity index (χ2n) is 12.2. The van der Waals surface area contributed by atoms with E-state index in [2.05, 4.69) is 0 Å². The number of nitrogens with zero attached hydrogens (tertiary/aromatic N) is 2. The van der Waals surface area contributed by atoms with Crippen LogP contribution in [0.1, 0.15) is 67.5 Å². The van der Waals surface area contributed by atoms with Crippen molar-refractivity contribution in [2.24, 2.45) is 0 Å². The molecular formula is C51H38N2. The number of anilines is 3. The Hall–Kier alpha value is -6.64. The van der Waals surface area contributed by atoms with Crippen LogP contribution in [0.5, 0.6) is 0 Å². The van der Waals surface area contributed by atoms with Crippen LogP contribution in [0, 0.1) is 0 Å². The quantitative estimate of drug-likeness (QED) is 0.167. The molecule has 0 N–H and O–H groups in total. The van der Waals surface area contributed by atoms with E-state index in [1.807, 2.05) is 0 Å². The highest BCUT2D eigenvalue weighted by Crippen LogP contribution is 2.51. The van der Waals surface area contributed by atoms with Crippen molar-refractivity contribution in [3.8, 4) is 39.1 Å². The molecule has 1 aliphatic rings. The molecule has 10 rings (SSSR count). The molecule has 1 aliphatic carbocycles. The lowest BCUT2D eigenvalue weighted by Crippen LogP contribution is -2.16. The van der Waals surface area contributed by atoms with Crippen LogP contribution < -0.4 is 4.90 Å². The number of hydrogen-bond acceptors (Lipinski definition) is 1. The summed E-state index contributed by atoms with van der Waals surface area (Å²) in [6.45, 7) is 3.03. The first-order valence-electron chi connectivity index (χ1n) is 31.4. The average Bonchev–Trinajstić information content (AvgIpc) is 1.58. The van der Waals surface area contributed by atoms with Crippen LogP contribution in [0.25, 0.3) is 60.9 Å². The van der Waals surface area contributed by atoms with E-state index in [-0.39, 0.29) is 22.3 Å². The van der Waals surface area contributed by atoms with Crippen molar-refractivity contribution >= 4 is 38.9 Å². The van der Waals surface area contributed by atoms with Gasteiger partial charge in [-0.25, -0.2) is 0 Å². The van der Waals surface area contributed by atoms with E-state index in [0.717, 1.165) is 6.07 Å². The average molecular weight is 710 g/mol. The summed E-state index contributed by atoms with van der Waals surface area (Å²) >= 11 is 0. The van der Waals surface area contributed by atoms with Crippen molar-refractivity contribution in [2.45, 2.75) is 19.3 Å². The molecule has 0 spiro atoms. The third-order valence-corrected chi connectivity index (χ3v) is 8.88. The Kier molecular flexibility index (Phi) is 2.96. The highest BCUT2D eigenvalue weighted by Gasteiger charge is 2.35. The third kappa shape index (κ3) is 5.10. The summed E-state index contributed by atoms with van der Waals surface area (Å²) in [6, 6.07) is -28.4. The van der Waals surface area contributed by atoms with Crippen molar-refractivity contribution in [1.82, 2.24) is 4.57 Å². The van der Waals surface area contributed by atoms with E-state index in [1.54, 1.807) is 0 Å². The summed E-state index contributed by atoms with van der Waals surface area (Å²) < 4.78 is 281. The molecule has 0 radical (unpaired) electrons. The number of rotatable bonds is 6. The molecule has 0 saturated heterocycles. The molecule has 0 saturated carbocycles. The minimum absolute atomic E-state index is 0.0224. The maximum atomic E-state index is 10.3. The fourth-order valence-electron chi connectivity index (χ4n) is 6.41. The van der Waals surface area contributed by atoms with Crippen LogP contribution in [0.15, 0.2) is 193 Å². The first-order valence-corrected chi connectivity index (χ1v) is 15.9. The summed E-state index contributed by atoms with van der Waals surface area (Å²) in [5, 5.41) is -1.50. The molecule has 252 valence electrons. The smallest absolute Gasteiger partial charge is 0.0652 e. The highest BCUT2D eigenvalue weighted by molar-refractivity contribution is 6.11. The van der Waals surface area contributed by atoms with Gasteiger partial charge in [0.1, 0.15) is 0 Å². The molecule has 1 aromatic heterocycles. The van der Waals surface area contributed by atoms with Gasteiger partial charge in [0.05, 0.1) is 53.5 Å². The second-order valence-corrected chi connectivity index (χ2v) is 12.2. The minimum Gasteiger partial charge on any atom is -0.310 e. The molecule has 53 heavy (non-hydrogen) atoms. The van der Waals surface area contributed by atoms with Gasteiger partial charge in [-0.1, -0.05) is 147 Å². The number of benzene rings is 8. The highest BCUT2D eigenvalue weighted by atomic mass is 15.1. The fourth-order valence-corrected chi connectivity index (χ4v) is 6.41. The summed E-state index contributed by atoms with van der Waals surface area (Å²) in [7, 11) is 0. The van der Waals surface area contributed by atoms with E-state index in [4.69, 9.17) is 26.0 Å². The van der Waals surface area contributed by atoms with Crippen molar-refractivity contribution in [2.75, 3.05) is 4.90 Å². The monoisotopic (exact) mass is 709 g/mol. The van der Waals surface area contributed by atoms with E-state index in [0.29, 0.717) is 9.47 Å². The van der Waals surface area contributed by atoms with Crippen LogP contribution in [-0.4, -0.2) is 4.57 Å². The Balaban J connectivity index is 1.45.